The van der Waals surface area contributed by atoms with Crippen molar-refractivity contribution in [1.29, 1.82) is 0 Å². The molecule has 0 bridgehead atoms. The van der Waals surface area contributed by atoms with Crippen LogP contribution < -0.4 is 0 Å². The Kier molecular flexibility index (Phi) is 6.24. The van der Waals surface area contributed by atoms with Gasteiger partial charge in [-0.05, 0) is 28.9 Å². The molecule has 5 nitrogen and oxygen atoms in total. The van der Waals surface area contributed by atoms with E-state index in [1.54, 1.807) is 6.92 Å². The number of benzene rings is 1. The fraction of sp³-hybridized carbons (Fsp3) is 0.417. The van der Waals surface area contributed by atoms with Crippen molar-refractivity contribution in [1.82, 2.24) is 4.31 Å². The number of esters is 1. The third kappa shape index (κ3) is 4.45. The fourth-order valence-electron chi connectivity index (χ4n) is 1.53. The Labute approximate surface area is 130 Å². The van der Waals surface area contributed by atoms with Gasteiger partial charge in [-0.2, -0.15) is 0 Å². The van der Waals surface area contributed by atoms with Gasteiger partial charge in [0.15, 0.2) is 0 Å². The molecule has 0 aliphatic carbocycles. The Hall–Kier alpha value is -1.06. The number of carbonyl (C=O) groups excluding carboxylic acids is 1. The number of sulfonamides is 1. The summed E-state index contributed by atoms with van der Waals surface area (Å²) < 4.78 is 56.5. The maximum Gasteiger partial charge on any atom is 0.307 e. The average Bonchev–Trinajstić information content (AvgIpc) is 2.34. The number of carbonyl (C=O) groups is 1. The zero-order chi connectivity index (χ0) is 16.2. The molecular weight excluding hydrogens is 372 g/mol. The highest BCUT2D eigenvalue weighted by molar-refractivity contribution is 9.10. The van der Waals surface area contributed by atoms with Gasteiger partial charge < -0.3 is 4.74 Å². The van der Waals surface area contributed by atoms with Gasteiger partial charge in [0.25, 0.3) is 0 Å². The van der Waals surface area contributed by atoms with Gasteiger partial charge in [-0.15, -0.1) is 0 Å². The minimum absolute atomic E-state index is 0.163. The number of rotatable bonds is 6. The number of hydrogen-bond donors (Lipinski definition) is 0. The van der Waals surface area contributed by atoms with Crippen LogP contribution in [0.1, 0.15) is 13.3 Å². The summed E-state index contributed by atoms with van der Waals surface area (Å²) >= 11 is 2.83. The van der Waals surface area contributed by atoms with E-state index in [2.05, 4.69) is 20.7 Å². The molecule has 118 valence electrons. The van der Waals surface area contributed by atoms with Gasteiger partial charge in [-0.1, -0.05) is 0 Å². The van der Waals surface area contributed by atoms with E-state index in [0.29, 0.717) is 6.07 Å². The van der Waals surface area contributed by atoms with Crippen LogP contribution in [0.4, 0.5) is 8.78 Å². The molecule has 0 unspecified atom stereocenters. The standard InChI is InChI=1S/C12H14BrF2NO4S/c1-3-20-11(17)4-5-16(2)21(18,19)12-9(13)6-8(14)7-10(12)15/h6-7H,3-5H2,1-2H3. The molecule has 0 heterocycles. The molecule has 21 heavy (non-hydrogen) atoms. The van der Waals surface area contributed by atoms with Crippen LogP contribution in [0.25, 0.3) is 0 Å². The Morgan fingerprint density at radius 1 is 1.38 bits per heavy atom. The number of nitrogens with zero attached hydrogens (tertiary/aromatic N) is 1. The Morgan fingerprint density at radius 2 is 2.00 bits per heavy atom. The Balaban J connectivity index is 2.98. The van der Waals surface area contributed by atoms with E-state index in [9.17, 15) is 22.0 Å². The third-order valence-corrected chi connectivity index (χ3v) is 5.39. The van der Waals surface area contributed by atoms with Gasteiger partial charge in [-0.25, -0.2) is 21.5 Å². The van der Waals surface area contributed by atoms with Crippen LogP contribution in [0.15, 0.2) is 21.5 Å². The van der Waals surface area contributed by atoms with Gasteiger partial charge in [0.05, 0.1) is 13.0 Å². The normalized spacial score (nSPS) is 11.7. The van der Waals surface area contributed by atoms with Crippen molar-refractivity contribution >= 4 is 31.9 Å². The molecule has 1 aromatic rings. The van der Waals surface area contributed by atoms with Crippen LogP contribution in [0, 0.1) is 11.6 Å². The molecule has 0 amide bonds. The molecule has 0 saturated carbocycles. The first kappa shape index (κ1) is 18.0. The SMILES string of the molecule is CCOC(=O)CCN(C)S(=O)(=O)c1c(F)cc(F)cc1Br. The molecule has 1 rings (SSSR count). The molecule has 0 saturated heterocycles. The summed E-state index contributed by atoms with van der Waals surface area (Å²) in [5.41, 5.74) is 0. The van der Waals surface area contributed by atoms with Crippen molar-refractivity contribution in [2.24, 2.45) is 0 Å². The molecule has 9 heteroatoms. The van der Waals surface area contributed by atoms with E-state index < -0.39 is 32.5 Å². The monoisotopic (exact) mass is 385 g/mol. The van der Waals surface area contributed by atoms with E-state index in [4.69, 9.17) is 0 Å². The van der Waals surface area contributed by atoms with Crippen LogP contribution in [0.3, 0.4) is 0 Å². The van der Waals surface area contributed by atoms with Gasteiger partial charge >= 0.3 is 5.97 Å². The van der Waals surface area contributed by atoms with Crippen molar-refractivity contribution in [2.45, 2.75) is 18.2 Å². The van der Waals surface area contributed by atoms with Gasteiger partial charge in [-0.3, -0.25) is 4.79 Å². The zero-order valence-corrected chi connectivity index (χ0v) is 13.8. The molecule has 0 aliphatic heterocycles. The van der Waals surface area contributed by atoms with E-state index in [-0.39, 0.29) is 24.0 Å². The van der Waals surface area contributed by atoms with E-state index in [0.717, 1.165) is 10.4 Å². The van der Waals surface area contributed by atoms with Crippen LogP contribution in [-0.2, 0) is 19.6 Å². The summed E-state index contributed by atoms with van der Waals surface area (Å²) in [4.78, 5) is 10.5. The van der Waals surface area contributed by atoms with Gasteiger partial charge in [0.1, 0.15) is 16.5 Å². The zero-order valence-electron chi connectivity index (χ0n) is 11.4. The molecule has 0 fully saturated rings. The lowest BCUT2D eigenvalue weighted by atomic mass is 10.3. The molecule has 0 aliphatic rings. The summed E-state index contributed by atoms with van der Waals surface area (Å²) in [5, 5.41) is 0. The van der Waals surface area contributed by atoms with Gasteiger partial charge in [0.2, 0.25) is 10.0 Å². The fourth-order valence-corrected chi connectivity index (χ4v) is 3.81. The summed E-state index contributed by atoms with van der Waals surface area (Å²) in [6.07, 6.45) is -0.163. The van der Waals surface area contributed by atoms with E-state index in [1.807, 2.05) is 0 Å². The largest absolute Gasteiger partial charge is 0.466 e. The third-order valence-electron chi connectivity index (χ3n) is 2.57. The molecule has 0 N–H and O–H groups in total. The lowest BCUT2D eigenvalue weighted by molar-refractivity contribution is -0.143. The second kappa shape index (κ2) is 7.28. The highest BCUT2D eigenvalue weighted by Crippen LogP contribution is 2.28. The molecule has 0 radical (unpaired) electrons. The molecule has 1 aromatic carbocycles. The quantitative estimate of drug-likeness (QED) is 0.704. The first-order chi connectivity index (χ1) is 9.70. The second-order valence-corrected chi connectivity index (χ2v) is 6.92. The summed E-state index contributed by atoms with van der Waals surface area (Å²) in [6, 6.07) is 1.34. The highest BCUT2D eigenvalue weighted by Gasteiger charge is 2.28. The molecule has 0 aromatic heterocycles. The summed E-state index contributed by atoms with van der Waals surface area (Å²) in [7, 11) is -2.99. The van der Waals surface area contributed by atoms with Gasteiger partial charge in [0, 0.05) is 24.1 Å². The van der Waals surface area contributed by atoms with Crippen molar-refractivity contribution in [3.8, 4) is 0 Å². The van der Waals surface area contributed by atoms with Crippen molar-refractivity contribution in [3.63, 3.8) is 0 Å². The second-order valence-electron chi connectivity index (χ2n) is 4.08. The smallest absolute Gasteiger partial charge is 0.307 e. The number of ether oxygens (including phenoxy) is 1. The lowest BCUT2D eigenvalue weighted by Gasteiger charge is -2.18. The Bertz CT molecular complexity index is 613. The highest BCUT2D eigenvalue weighted by atomic mass is 79.9. The maximum atomic E-state index is 13.7. The summed E-state index contributed by atoms with van der Waals surface area (Å²) in [6.45, 7) is 1.64. The first-order valence-electron chi connectivity index (χ1n) is 5.96. The van der Waals surface area contributed by atoms with Crippen LogP contribution in [0.5, 0.6) is 0 Å². The molecular formula is C12H14BrF2NO4S. The Morgan fingerprint density at radius 3 is 2.52 bits per heavy atom. The van der Waals surface area contributed by atoms with Crippen molar-refractivity contribution < 1.29 is 26.7 Å². The lowest BCUT2D eigenvalue weighted by Crippen LogP contribution is -2.30. The van der Waals surface area contributed by atoms with Crippen molar-refractivity contribution in [2.75, 3.05) is 20.2 Å². The summed E-state index contributed by atoms with van der Waals surface area (Å²) in [5.74, 6) is -2.66. The van der Waals surface area contributed by atoms with Crippen LogP contribution >= 0.6 is 15.9 Å². The predicted octanol–water partition coefficient (Wildman–Crippen LogP) is 2.30. The average molecular weight is 386 g/mol. The predicted molar refractivity (Wildman–Crippen MR) is 75.1 cm³/mol. The van der Waals surface area contributed by atoms with Crippen LogP contribution in [-0.4, -0.2) is 38.9 Å². The van der Waals surface area contributed by atoms with E-state index in [1.165, 1.54) is 7.05 Å². The minimum Gasteiger partial charge on any atom is -0.466 e. The van der Waals surface area contributed by atoms with Crippen molar-refractivity contribution in [3.05, 3.63) is 28.2 Å². The number of halogens is 3. The molecule has 0 spiro atoms. The van der Waals surface area contributed by atoms with E-state index >= 15 is 0 Å². The minimum atomic E-state index is -4.19. The van der Waals surface area contributed by atoms with Crippen LogP contribution in [0.2, 0.25) is 0 Å². The molecule has 0 atom stereocenters. The number of hydrogen-bond acceptors (Lipinski definition) is 4. The first-order valence-corrected chi connectivity index (χ1v) is 8.20. The topological polar surface area (TPSA) is 63.7 Å². The maximum absolute atomic E-state index is 13.7.